The van der Waals surface area contributed by atoms with Crippen molar-refractivity contribution in [3.8, 4) is 5.75 Å². The second-order valence-corrected chi connectivity index (χ2v) is 4.02. The van der Waals surface area contributed by atoms with E-state index in [1.54, 1.807) is 19.2 Å². The van der Waals surface area contributed by atoms with Crippen LogP contribution >= 0.6 is 0 Å². The Hall–Kier alpha value is -1.71. The smallest absolute Gasteiger partial charge is 0.411 e. The fourth-order valence-electron chi connectivity index (χ4n) is 1.59. The highest BCUT2D eigenvalue weighted by Gasteiger charge is 2.06. The van der Waals surface area contributed by atoms with E-state index in [0.29, 0.717) is 18.0 Å². The molecule has 1 rings (SSSR count). The van der Waals surface area contributed by atoms with Crippen LogP contribution in [-0.4, -0.2) is 19.8 Å². The SMILES string of the molecule is CCCCCCOC(=O)Nc1ccccc1OC. The van der Waals surface area contributed by atoms with Gasteiger partial charge in [0, 0.05) is 0 Å². The Morgan fingerprint density at radius 2 is 2.00 bits per heavy atom. The molecule has 1 aromatic rings. The van der Waals surface area contributed by atoms with Crippen LogP contribution in [0.25, 0.3) is 0 Å². The summed E-state index contributed by atoms with van der Waals surface area (Å²) >= 11 is 0. The molecule has 0 saturated heterocycles. The molecule has 0 aliphatic carbocycles. The molecule has 0 spiro atoms. The molecule has 1 amide bonds. The number of hydrogen-bond acceptors (Lipinski definition) is 3. The summed E-state index contributed by atoms with van der Waals surface area (Å²) in [5.74, 6) is 0.625. The lowest BCUT2D eigenvalue weighted by atomic mass is 10.2. The van der Waals surface area contributed by atoms with Crippen LogP contribution in [0.2, 0.25) is 0 Å². The summed E-state index contributed by atoms with van der Waals surface area (Å²) < 4.78 is 10.2. The van der Waals surface area contributed by atoms with Gasteiger partial charge in [0.25, 0.3) is 0 Å². The maximum Gasteiger partial charge on any atom is 0.411 e. The standard InChI is InChI=1S/C14H21NO3/c1-3-4-5-8-11-18-14(16)15-12-9-6-7-10-13(12)17-2/h6-7,9-10H,3-5,8,11H2,1-2H3,(H,15,16). The van der Waals surface area contributed by atoms with Crippen LogP contribution < -0.4 is 10.1 Å². The third-order valence-corrected chi connectivity index (χ3v) is 2.57. The Kier molecular flexibility index (Phi) is 6.69. The van der Waals surface area contributed by atoms with E-state index in [-0.39, 0.29) is 0 Å². The molecular formula is C14H21NO3. The molecule has 0 atom stereocenters. The molecule has 0 unspecified atom stereocenters. The Balaban J connectivity index is 2.31. The van der Waals surface area contributed by atoms with Gasteiger partial charge >= 0.3 is 6.09 Å². The van der Waals surface area contributed by atoms with Crippen molar-refractivity contribution in [1.29, 1.82) is 0 Å². The summed E-state index contributed by atoms with van der Waals surface area (Å²) in [5, 5.41) is 2.67. The highest BCUT2D eigenvalue weighted by atomic mass is 16.5. The molecule has 0 aromatic heterocycles. The first-order valence-corrected chi connectivity index (χ1v) is 6.34. The van der Waals surface area contributed by atoms with Gasteiger partial charge in [-0.15, -0.1) is 0 Å². The number of para-hydroxylation sites is 2. The molecule has 1 aromatic carbocycles. The summed E-state index contributed by atoms with van der Waals surface area (Å²) in [4.78, 5) is 11.5. The lowest BCUT2D eigenvalue weighted by Crippen LogP contribution is -2.14. The van der Waals surface area contributed by atoms with Crippen molar-refractivity contribution < 1.29 is 14.3 Å². The first-order valence-electron chi connectivity index (χ1n) is 6.34. The molecule has 0 saturated carbocycles. The van der Waals surface area contributed by atoms with E-state index in [4.69, 9.17) is 9.47 Å². The number of benzene rings is 1. The minimum absolute atomic E-state index is 0.434. The van der Waals surface area contributed by atoms with Crippen LogP contribution in [0.15, 0.2) is 24.3 Å². The lowest BCUT2D eigenvalue weighted by molar-refractivity contribution is 0.159. The lowest BCUT2D eigenvalue weighted by Gasteiger charge is -2.10. The molecule has 0 radical (unpaired) electrons. The van der Waals surface area contributed by atoms with Crippen molar-refractivity contribution in [3.05, 3.63) is 24.3 Å². The van der Waals surface area contributed by atoms with Crippen LogP contribution in [0.1, 0.15) is 32.6 Å². The number of methoxy groups -OCH3 is 1. The summed E-state index contributed by atoms with van der Waals surface area (Å²) in [6.07, 6.45) is 3.92. The highest BCUT2D eigenvalue weighted by Crippen LogP contribution is 2.22. The zero-order valence-electron chi connectivity index (χ0n) is 11.1. The average molecular weight is 251 g/mol. The third kappa shape index (κ3) is 5.08. The zero-order chi connectivity index (χ0) is 13.2. The van der Waals surface area contributed by atoms with E-state index < -0.39 is 6.09 Å². The van der Waals surface area contributed by atoms with Crippen molar-refractivity contribution >= 4 is 11.8 Å². The average Bonchev–Trinajstić information content (AvgIpc) is 2.39. The summed E-state index contributed by atoms with van der Waals surface area (Å²) in [7, 11) is 1.57. The first kappa shape index (κ1) is 14.4. The molecule has 0 heterocycles. The van der Waals surface area contributed by atoms with Crippen molar-refractivity contribution in [1.82, 2.24) is 0 Å². The number of rotatable bonds is 7. The maximum atomic E-state index is 11.5. The normalized spacial score (nSPS) is 9.89. The first-order chi connectivity index (χ1) is 8.77. The van der Waals surface area contributed by atoms with Gasteiger partial charge < -0.3 is 9.47 Å². The van der Waals surface area contributed by atoms with Crippen molar-refractivity contribution in [2.75, 3.05) is 19.0 Å². The number of hydrogen-bond donors (Lipinski definition) is 1. The van der Waals surface area contributed by atoms with Crippen LogP contribution in [0.3, 0.4) is 0 Å². The Morgan fingerprint density at radius 1 is 1.22 bits per heavy atom. The topological polar surface area (TPSA) is 47.6 Å². The summed E-state index contributed by atoms with van der Waals surface area (Å²) in [5.41, 5.74) is 0.624. The fraction of sp³-hybridized carbons (Fsp3) is 0.500. The Morgan fingerprint density at radius 3 is 2.72 bits per heavy atom. The Labute approximate surface area is 108 Å². The molecule has 0 aliphatic heterocycles. The van der Waals surface area contributed by atoms with Crippen LogP contribution in [0, 0.1) is 0 Å². The van der Waals surface area contributed by atoms with Gasteiger partial charge in [-0.05, 0) is 18.6 Å². The van der Waals surface area contributed by atoms with Gasteiger partial charge in [-0.25, -0.2) is 4.79 Å². The van der Waals surface area contributed by atoms with Gasteiger partial charge in [-0.2, -0.15) is 0 Å². The summed E-state index contributed by atoms with van der Waals surface area (Å²) in [6.45, 7) is 2.61. The van der Waals surface area contributed by atoms with Gasteiger partial charge in [-0.1, -0.05) is 38.3 Å². The van der Waals surface area contributed by atoms with E-state index in [0.717, 1.165) is 12.8 Å². The largest absolute Gasteiger partial charge is 0.495 e. The van der Waals surface area contributed by atoms with Crippen molar-refractivity contribution in [3.63, 3.8) is 0 Å². The van der Waals surface area contributed by atoms with E-state index in [1.165, 1.54) is 12.8 Å². The predicted octanol–water partition coefficient (Wildman–Crippen LogP) is 3.82. The van der Waals surface area contributed by atoms with Crippen molar-refractivity contribution in [2.45, 2.75) is 32.6 Å². The van der Waals surface area contributed by atoms with Crippen LogP contribution in [0.5, 0.6) is 5.75 Å². The molecule has 0 aliphatic rings. The van der Waals surface area contributed by atoms with Gasteiger partial charge in [0.2, 0.25) is 0 Å². The number of amides is 1. The summed E-state index contributed by atoms with van der Waals surface area (Å²) in [6, 6.07) is 7.24. The highest BCUT2D eigenvalue weighted by molar-refractivity contribution is 5.86. The molecule has 4 heteroatoms. The predicted molar refractivity (Wildman–Crippen MR) is 72.1 cm³/mol. The second-order valence-electron chi connectivity index (χ2n) is 4.02. The number of unbranched alkanes of at least 4 members (excludes halogenated alkanes) is 3. The molecule has 18 heavy (non-hydrogen) atoms. The number of ether oxygens (including phenoxy) is 2. The third-order valence-electron chi connectivity index (χ3n) is 2.57. The van der Waals surface area contributed by atoms with E-state index in [2.05, 4.69) is 12.2 Å². The minimum atomic E-state index is -0.434. The second kappa shape index (κ2) is 8.39. The molecular weight excluding hydrogens is 230 g/mol. The number of anilines is 1. The van der Waals surface area contributed by atoms with Gasteiger partial charge in [0.15, 0.2) is 0 Å². The monoisotopic (exact) mass is 251 g/mol. The molecule has 0 fully saturated rings. The van der Waals surface area contributed by atoms with Crippen molar-refractivity contribution in [2.24, 2.45) is 0 Å². The molecule has 0 bridgehead atoms. The van der Waals surface area contributed by atoms with Gasteiger partial charge in [-0.3, -0.25) is 5.32 Å². The van der Waals surface area contributed by atoms with E-state index in [9.17, 15) is 4.79 Å². The van der Waals surface area contributed by atoms with Crippen LogP contribution in [-0.2, 0) is 4.74 Å². The van der Waals surface area contributed by atoms with Gasteiger partial charge in [0.05, 0.1) is 19.4 Å². The number of carbonyl (C=O) groups excluding carboxylic acids is 1. The van der Waals surface area contributed by atoms with E-state index in [1.807, 2.05) is 12.1 Å². The molecule has 4 nitrogen and oxygen atoms in total. The zero-order valence-corrected chi connectivity index (χ0v) is 11.1. The quantitative estimate of drug-likeness (QED) is 0.749. The number of carbonyl (C=O) groups is 1. The van der Waals surface area contributed by atoms with Gasteiger partial charge in [0.1, 0.15) is 5.75 Å². The van der Waals surface area contributed by atoms with E-state index >= 15 is 0 Å². The van der Waals surface area contributed by atoms with Crippen LogP contribution in [0.4, 0.5) is 10.5 Å². The Bertz CT molecular complexity index is 366. The molecule has 100 valence electrons. The maximum absolute atomic E-state index is 11.5. The number of nitrogens with one attached hydrogen (secondary N) is 1. The molecule has 1 N–H and O–H groups in total. The minimum Gasteiger partial charge on any atom is -0.495 e. The fourth-order valence-corrected chi connectivity index (χ4v) is 1.59.